The highest BCUT2D eigenvalue weighted by molar-refractivity contribution is 7.98. The summed E-state index contributed by atoms with van der Waals surface area (Å²) < 4.78 is 29.3. The van der Waals surface area contributed by atoms with Crippen LogP contribution in [0, 0.1) is 6.92 Å². The fourth-order valence-corrected chi connectivity index (χ4v) is 1.98. The van der Waals surface area contributed by atoms with Gasteiger partial charge in [0.05, 0.1) is 11.9 Å². The van der Waals surface area contributed by atoms with E-state index in [1.54, 1.807) is 6.20 Å². The largest absolute Gasteiger partial charge is 0.455 e. The van der Waals surface area contributed by atoms with E-state index in [9.17, 15) is 13.6 Å². The number of furan rings is 1. The van der Waals surface area contributed by atoms with E-state index in [1.165, 1.54) is 12.1 Å². The molecule has 2 heterocycles. The van der Waals surface area contributed by atoms with Gasteiger partial charge in [0.25, 0.3) is 11.7 Å². The molecule has 2 aromatic rings. The predicted molar refractivity (Wildman–Crippen MR) is 70.5 cm³/mol. The molecule has 2 aromatic heterocycles. The zero-order valence-corrected chi connectivity index (χ0v) is 11.5. The van der Waals surface area contributed by atoms with Crippen LogP contribution in [0.3, 0.4) is 0 Å². The van der Waals surface area contributed by atoms with Crippen molar-refractivity contribution in [1.82, 2.24) is 15.5 Å². The molecule has 1 amide bonds. The van der Waals surface area contributed by atoms with E-state index in [2.05, 4.69) is 15.5 Å². The van der Waals surface area contributed by atoms with Crippen LogP contribution in [-0.4, -0.2) is 21.9 Å². The first-order valence-electron chi connectivity index (χ1n) is 5.82. The molecule has 0 aliphatic heterocycles. The summed E-state index contributed by atoms with van der Waals surface area (Å²) in [5.41, 5.74) is 1.75. The van der Waals surface area contributed by atoms with Gasteiger partial charge < -0.3 is 9.73 Å². The summed E-state index contributed by atoms with van der Waals surface area (Å²) in [6.45, 7) is 2.17. The molecule has 0 radical (unpaired) electrons. The van der Waals surface area contributed by atoms with Gasteiger partial charge in [-0.1, -0.05) is 11.8 Å². The number of hydrogen-bond acceptors (Lipinski definition) is 4. The van der Waals surface area contributed by atoms with Gasteiger partial charge in [0.2, 0.25) is 0 Å². The van der Waals surface area contributed by atoms with Gasteiger partial charge in [-0.2, -0.15) is 13.9 Å². The molecule has 0 fully saturated rings. The Bertz CT molecular complexity index is 583. The number of rotatable bonds is 6. The molecule has 0 aromatic carbocycles. The molecule has 2 rings (SSSR count). The highest BCUT2D eigenvalue weighted by atomic mass is 32.2. The summed E-state index contributed by atoms with van der Waals surface area (Å²) in [6, 6.07) is 2.99. The first-order chi connectivity index (χ1) is 9.56. The third kappa shape index (κ3) is 3.83. The number of aromatic nitrogens is 2. The molecular formula is C12H13F2N3O2S. The van der Waals surface area contributed by atoms with Crippen LogP contribution < -0.4 is 5.32 Å². The maximum atomic E-state index is 12.0. The number of carbonyl (C=O) groups excluding carboxylic acids is 1. The van der Waals surface area contributed by atoms with Crippen LogP contribution in [0.2, 0.25) is 0 Å². The number of thioether (sulfide) groups is 1. The quantitative estimate of drug-likeness (QED) is 0.860. The maximum absolute atomic E-state index is 12.0. The van der Waals surface area contributed by atoms with Crippen LogP contribution in [0.5, 0.6) is 0 Å². The van der Waals surface area contributed by atoms with Gasteiger partial charge in [-0.05, 0) is 19.1 Å². The summed E-state index contributed by atoms with van der Waals surface area (Å²) in [7, 11) is 0. The van der Waals surface area contributed by atoms with Crippen LogP contribution in [-0.2, 0) is 12.3 Å². The minimum atomic E-state index is -2.46. The molecule has 108 valence electrons. The second-order valence-corrected chi connectivity index (χ2v) is 5.02. The van der Waals surface area contributed by atoms with E-state index in [0.717, 1.165) is 11.3 Å². The Morgan fingerprint density at radius 1 is 1.55 bits per heavy atom. The van der Waals surface area contributed by atoms with Gasteiger partial charge in [-0.3, -0.25) is 9.89 Å². The van der Waals surface area contributed by atoms with Crippen molar-refractivity contribution in [2.75, 3.05) is 0 Å². The van der Waals surface area contributed by atoms with Gasteiger partial charge in [-0.25, -0.2) is 0 Å². The van der Waals surface area contributed by atoms with Crippen LogP contribution in [0.4, 0.5) is 8.78 Å². The molecule has 20 heavy (non-hydrogen) atoms. The van der Waals surface area contributed by atoms with Crippen LogP contribution in [0.25, 0.3) is 0 Å². The average Bonchev–Trinajstić information content (AvgIpc) is 3.02. The molecule has 0 unspecified atom stereocenters. The Morgan fingerprint density at radius 2 is 2.35 bits per heavy atom. The zero-order valence-electron chi connectivity index (χ0n) is 10.7. The lowest BCUT2D eigenvalue weighted by Crippen LogP contribution is -2.22. The van der Waals surface area contributed by atoms with Gasteiger partial charge in [0, 0.05) is 17.8 Å². The molecule has 5 nitrogen and oxygen atoms in total. The average molecular weight is 301 g/mol. The number of carbonyl (C=O) groups is 1. The van der Waals surface area contributed by atoms with Crippen molar-refractivity contribution in [3.8, 4) is 0 Å². The normalized spacial score (nSPS) is 11.0. The first-order valence-corrected chi connectivity index (χ1v) is 6.86. The molecule has 0 aliphatic carbocycles. The number of aromatic amines is 1. The Balaban J connectivity index is 1.88. The Hall–Kier alpha value is -1.83. The van der Waals surface area contributed by atoms with Gasteiger partial charge >= 0.3 is 0 Å². The lowest BCUT2D eigenvalue weighted by molar-refractivity contribution is 0.0921. The second-order valence-electron chi connectivity index (χ2n) is 4.04. The molecule has 0 bridgehead atoms. The van der Waals surface area contributed by atoms with Crippen molar-refractivity contribution in [3.63, 3.8) is 0 Å². The summed E-state index contributed by atoms with van der Waals surface area (Å²) in [6.07, 6.45) is 1.63. The van der Waals surface area contributed by atoms with Crippen molar-refractivity contribution >= 4 is 17.7 Å². The zero-order chi connectivity index (χ0) is 14.5. The number of hydrogen-bond donors (Lipinski definition) is 2. The number of amides is 1. The number of aryl methyl sites for hydroxylation is 1. The fourth-order valence-electron chi connectivity index (χ4n) is 1.54. The van der Waals surface area contributed by atoms with Gasteiger partial charge in [0.1, 0.15) is 5.76 Å². The number of nitrogens with one attached hydrogen (secondary N) is 2. The lowest BCUT2D eigenvalue weighted by atomic mass is 10.2. The Kier molecular flexibility index (Phi) is 4.78. The summed E-state index contributed by atoms with van der Waals surface area (Å²) in [5, 5.41) is 9.28. The van der Waals surface area contributed by atoms with Gasteiger partial charge in [-0.15, -0.1) is 0 Å². The molecule has 0 saturated heterocycles. The monoisotopic (exact) mass is 301 g/mol. The van der Waals surface area contributed by atoms with E-state index in [1.807, 2.05) is 6.92 Å². The number of alkyl halides is 2. The Labute approximate surface area is 118 Å². The third-order valence-electron chi connectivity index (χ3n) is 2.61. The Morgan fingerprint density at radius 3 is 3.00 bits per heavy atom. The molecule has 8 heteroatoms. The van der Waals surface area contributed by atoms with Crippen molar-refractivity contribution in [1.29, 1.82) is 0 Å². The minimum absolute atomic E-state index is 0.0335. The number of H-pyrrole nitrogens is 1. The molecule has 0 aliphatic rings. The van der Waals surface area contributed by atoms with Gasteiger partial charge in [0.15, 0.2) is 5.76 Å². The number of halogens is 2. The summed E-state index contributed by atoms with van der Waals surface area (Å²) in [4.78, 5) is 11.8. The van der Waals surface area contributed by atoms with Crippen molar-refractivity contribution in [2.45, 2.75) is 25.0 Å². The summed E-state index contributed by atoms with van der Waals surface area (Å²) >= 11 is 0.452. The van der Waals surface area contributed by atoms with Crippen LogP contribution >= 0.6 is 11.8 Å². The van der Waals surface area contributed by atoms with E-state index < -0.39 is 5.76 Å². The van der Waals surface area contributed by atoms with Crippen molar-refractivity contribution in [2.24, 2.45) is 0 Å². The predicted octanol–water partition coefficient (Wildman–Crippen LogP) is 2.70. The molecule has 0 saturated carbocycles. The van der Waals surface area contributed by atoms with Crippen molar-refractivity contribution < 1.29 is 18.0 Å². The first kappa shape index (κ1) is 14.6. The fraction of sp³-hybridized carbons (Fsp3) is 0.333. The minimum Gasteiger partial charge on any atom is -0.455 e. The van der Waals surface area contributed by atoms with E-state index >= 15 is 0 Å². The standard InChI is InChI=1S/C12H13F2N3O2S/c1-7-8(5-16-17-7)4-15-11(18)10-3-2-9(19-10)6-20-12(13)14/h2-3,5,12H,4,6H2,1H3,(H,15,18)(H,16,17). The van der Waals surface area contributed by atoms with Crippen LogP contribution in [0.15, 0.2) is 22.7 Å². The molecule has 0 spiro atoms. The SMILES string of the molecule is Cc1[nH]ncc1CNC(=O)c1ccc(CSC(F)F)o1. The van der Waals surface area contributed by atoms with E-state index in [0.29, 0.717) is 24.1 Å². The van der Waals surface area contributed by atoms with Crippen LogP contribution in [0.1, 0.15) is 27.6 Å². The van der Waals surface area contributed by atoms with E-state index in [4.69, 9.17) is 4.42 Å². The van der Waals surface area contributed by atoms with E-state index in [-0.39, 0.29) is 17.4 Å². The van der Waals surface area contributed by atoms with Crippen molar-refractivity contribution in [3.05, 3.63) is 41.1 Å². The third-order valence-corrected chi connectivity index (χ3v) is 3.31. The molecule has 0 atom stereocenters. The summed E-state index contributed by atoms with van der Waals surface area (Å²) in [5.74, 6) is -2.36. The molecule has 2 N–H and O–H groups in total. The second kappa shape index (κ2) is 6.56. The highest BCUT2D eigenvalue weighted by Crippen LogP contribution is 2.21. The lowest BCUT2D eigenvalue weighted by Gasteiger charge is -2.02. The molecular weight excluding hydrogens is 288 g/mol. The highest BCUT2D eigenvalue weighted by Gasteiger charge is 2.13. The smallest absolute Gasteiger partial charge is 0.287 e. The number of nitrogens with zero attached hydrogens (tertiary/aromatic N) is 1. The maximum Gasteiger partial charge on any atom is 0.287 e. The topological polar surface area (TPSA) is 70.9 Å².